The smallest absolute Gasteiger partial charge is 0.148 e. The SMILES string of the molecule is CNc1nc([C@@H]2CCCCN2C)nc2c1CCN(C)C2. The Kier molecular flexibility index (Phi) is 3.89. The van der Waals surface area contributed by atoms with Crippen LogP contribution in [0.2, 0.25) is 0 Å². The highest BCUT2D eigenvalue weighted by molar-refractivity contribution is 5.47. The summed E-state index contributed by atoms with van der Waals surface area (Å²) in [5, 5.41) is 3.28. The Morgan fingerprint density at radius 1 is 1.15 bits per heavy atom. The van der Waals surface area contributed by atoms with Crippen LogP contribution in [0.25, 0.3) is 0 Å². The van der Waals surface area contributed by atoms with Crippen LogP contribution >= 0.6 is 0 Å². The highest BCUT2D eigenvalue weighted by Gasteiger charge is 2.27. The molecular formula is C15H25N5. The topological polar surface area (TPSA) is 44.3 Å². The number of nitrogens with one attached hydrogen (secondary N) is 1. The lowest BCUT2D eigenvalue weighted by Crippen LogP contribution is -2.33. The highest BCUT2D eigenvalue weighted by Crippen LogP contribution is 2.30. The van der Waals surface area contributed by atoms with Crippen LogP contribution in [0.3, 0.4) is 0 Å². The summed E-state index contributed by atoms with van der Waals surface area (Å²) in [5.41, 5.74) is 2.53. The molecule has 1 aromatic heterocycles. The third-order valence-corrected chi connectivity index (χ3v) is 4.58. The molecule has 5 nitrogen and oxygen atoms in total. The zero-order valence-corrected chi connectivity index (χ0v) is 12.8. The third kappa shape index (κ3) is 2.52. The molecule has 110 valence electrons. The van der Waals surface area contributed by atoms with E-state index >= 15 is 0 Å². The van der Waals surface area contributed by atoms with Crippen molar-refractivity contribution in [2.75, 3.05) is 39.5 Å². The van der Waals surface area contributed by atoms with Crippen LogP contribution in [-0.2, 0) is 13.0 Å². The van der Waals surface area contributed by atoms with Crippen molar-refractivity contribution in [2.45, 2.75) is 38.3 Å². The van der Waals surface area contributed by atoms with Crippen LogP contribution in [-0.4, -0.2) is 54.0 Å². The number of fused-ring (bicyclic) bond motifs is 1. The average molecular weight is 275 g/mol. The second-order valence-electron chi connectivity index (χ2n) is 6.09. The minimum atomic E-state index is 0.383. The summed E-state index contributed by atoms with van der Waals surface area (Å²) in [5.74, 6) is 2.04. The van der Waals surface area contributed by atoms with Gasteiger partial charge < -0.3 is 10.2 Å². The number of hydrogen-bond donors (Lipinski definition) is 1. The van der Waals surface area contributed by atoms with Crippen molar-refractivity contribution in [3.05, 3.63) is 17.1 Å². The van der Waals surface area contributed by atoms with Gasteiger partial charge in [0.1, 0.15) is 11.6 Å². The van der Waals surface area contributed by atoms with E-state index in [4.69, 9.17) is 9.97 Å². The average Bonchev–Trinajstić information content (AvgIpc) is 2.46. The van der Waals surface area contributed by atoms with Crippen LogP contribution in [0, 0.1) is 0 Å². The molecule has 20 heavy (non-hydrogen) atoms. The van der Waals surface area contributed by atoms with Crippen molar-refractivity contribution in [1.82, 2.24) is 19.8 Å². The van der Waals surface area contributed by atoms with Gasteiger partial charge in [0.05, 0.1) is 11.7 Å². The summed E-state index contributed by atoms with van der Waals surface area (Å²) in [4.78, 5) is 14.5. The van der Waals surface area contributed by atoms with Gasteiger partial charge in [-0.25, -0.2) is 9.97 Å². The van der Waals surface area contributed by atoms with Crippen LogP contribution in [0.15, 0.2) is 0 Å². The number of aromatic nitrogens is 2. The van der Waals surface area contributed by atoms with Crippen molar-refractivity contribution in [3.63, 3.8) is 0 Å². The molecule has 0 aromatic carbocycles. The van der Waals surface area contributed by atoms with E-state index in [2.05, 4.69) is 29.2 Å². The molecule has 1 atom stereocenters. The predicted molar refractivity (Wildman–Crippen MR) is 80.8 cm³/mol. The lowest BCUT2D eigenvalue weighted by molar-refractivity contribution is 0.178. The molecule has 2 aliphatic heterocycles. The zero-order chi connectivity index (χ0) is 14.1. The molecule has 3 rings (SSSR count). The van der Waals surface area contributed by atoms with E-state index in [-0.39, 0.29) is 0 Å². The molecule has 0 radical (unpaired) electrons. The Morgan fingerprint density at radius 2 is 2.00 bits per heavy atom. The maximum atomic E-state index is 4.91. The van der Waals surface area contributed by atoms with Gasteiger partial charge >= 0.3 is 0 Å². The summed E-state index contributed by atoms with van der Waals surface area (Å²) in [6.45, 7) is 3.18. The van der Waals surface area contributed by atoms with E-state index in [1.807, 2.05) is 7.05 Å². The minimum Gasteiger partial charge on any atom is -0.373 e. The van der Waals surface area contributed by atoms with Crippen LogP contribution in [0.4, 0.5) is 5.82 Å². The Morgan fingerprint density at radius 3 is 2.75 bits per heavy atom. The van der Waals surface area contributed by atoms with Crippen molar-refractivity contribution in [1.29, 1.82) is 0 Å². The Bertz CT molecular complexity index is 487. The molecule has 0 unspecified atom stereocenters. The number of anilines is 1. The molecule has 1 saturated heterocycles. The molecule has 5 heteroatoms. The van der Waals surface area contributed by atoms with Gasteiger partial charge in [-0.3, -0.25) is 4.90 Å². The molecule has 0 aliphatic carbocycles. The van der Waals surface area contributed by atoms with Gasteiger partial charge in [-0.15, -0.1) is 0 Å². The van der Waals surface area contributed by atoms with E-state index in [9.17, 15) is 0 Å². The standard InChI is InChI=1S/C15H25N5/c1-16-14-11-7-9-19(2)10-12(11)17-15(18-14)13-6-4-5-8-20(13)3/h13H,4-10H2,1-3H3,(H,16,17,18)/t13-/m0/s1. The van der Waals surface area contributed by atoms with E-state index in [0.717, 1.165) is 37.7 Å². The first-order chi connectivity index (χ1) is 9.69. The Labute approximate surface area is 121 Å². The summed E-state index contributed by atoms with van der Waals surface area (Å²) in [6, 6.07) is 0.383. The maximum absolute atomic E-state index is 4.91. The largest absolute Gasteiger partial charge is 0.373 e. The molecule has 0 saturated carbocycles. The third-order valence-electron chi connectivity index (χ3n) is 4.58. The predicted octanol–water partition coefficient (Wildman–Crippen LogP) is 1.66. The van der Waals surface area contributed by atoms with Gasteiger partial charge in [-0.1, -0.05) is 6.42 Å². The highest BCUT2D eigenvalue weighted by atomic mass is 15.2. The van der Waals surface area contributed by atoms with Crippen molar-refractivity contribution in [2.24, 2.45) is 0 Å². The van der Waals surface area contributed by atoms with Crippen molar-refractivity contribution < 1.29 is 0 Å². The minimum absolute atomic E-state index is 0.383. The molecule has 0 spiro atoms. The van der Waals surface area contributed by atoms with E-state index < -0.39 is 0 Å². The van der Waals surface area contributed by atoms with Gasteiger partial charge in [0.2, 0.25) is 0 Å². The summed E-state index contributed by atoms with van der Waals surface area (Å²) < 4.78 is 0. The number of piperidine rings is 1. The molecule has 1 aromatic rings. The molecule has 2 aliphatic rings. The Hall–Kier alpha value is -1.20. The van der Waals surface area contributed by atoms with Crippen LogP contribution in [0.1, 0.15) is 42.4 Å². The van der Waals surface area contributed by atoms with E-state index in [0.29, 0.717) is 6.04 Å². The summed E-state index contributed by atoms with van der Waals surface area (Å²) in [7, 11) is 6.32. The summed E-state index contributed by atoms with van der Waals surface area (Å²) in [6.07, 6.45) is 4.79. The monoisotopic (exact) mass is 275 g/mol. The van der Waals surface area contributed by atoms with E-state index in [1.165, 1.54) is 30.5 Å². The lowest BCUT2D eigenvalue weighted by atomic mass is 10.0. The second kappa shape index (κ2) is 5.66. The molecule has 1 N–H and O–H groups in total. The van der Waals surface area contributed by atoms with Gasteiger partial charge in [-0.2, -0.15) is 0 Å². The first kappa shape index (κ1) is 13.8. The molecular weight excluding hydrogens is 250 g/mol. The van der Waals surface area contributed by atoms with E-state index in [1.54, 1.807) is 0 Å². The second-order valence-corrected chi connectivity index (χ2v) is 6.09. The lowest BCUT2D eigenvalue weighted by Gasteiger charge is -2.33. The molecule has 0 amide bonds. The maximum Gasteiger partial charge on any atom is 0.148 e. The Balaban J connectivity index is 1.97. The number of likely N-dealkylation sites (tertiary alicyclic amines) is 1. The normalized spacial score (nSPS) is 24.4. The molecule has 3 heterocycles. The van der Waals surface area contributed by atoms with Gasteiger partial charge in [0.25, 0.3) is 0 Å². The molecule has 1 fully saturated rings. The zero-order valence-electron chi connectivity index (χ0n) is 12.8. The quantitative estimate of drug-likeness (QED) is 0.889. The fourth-order valence-electron chi connectivity index (χ4n) is 3.34. The first-order valence-electron chi connectivity index (χ1n) is 7.65. The number of rotatable bonds is 2. The van der Waals surface area contributed by atoms with Crippen molar-refractivity contribution in [3.8, 4) is 0 Å². The van der Waals surface area contributed by atoms with Gasteiger partial charge in [0, 0.05) is 25.7 Å². The fourth-order valence-corrected chi connectivity index (χ4v) is 3.34. The summed E-state index contributed by atoms with van der Waals surface area (Å²) >= 11 is 0. The van der Waals surface area contributed by atoms with Crippen LogP contribution in [0.5, 0.6) is 0 Å². The van der Waals surface area contributed by atoms with Crippen molar-refractivity contribution >= 4 is 5.82 Å². The number of nitrogens with zero attached hydrogens (tertiary/aromatic N) is 4. The van der Waals surface area contributed by atoms with Gasteiger partial charge in [0.15, 0.2) is 0 Å². The fraction of sp³-hybridized carbons (Fsp3) is 0.733. The number of hydrogen-bond acceptors (Lipinski definition) is 5. The van der Waals surface area contributed by atoms with Gasteiger partial charge in [-0.05, 0) is 39.9 Å². The number of likely N-dealkylation sites (N-methyl/N-ethyl adjacent to an activating group) is 1. The first-order valence-corrected chi connectivity index (χ1v) is 7.65. The van der Waals surface area contributed by atoms with Crippen LogP contribution < -0.4 is 5.32 Å². The molecule has 0 bridgehead atoms.